The zero-order valence-corrected chi connectivity index (χ0v) is 10.3. The van der Waals surface area contributed by atoms with Gasteiger partial charge in [-0.15, -0.1) is 0 Å². The molecule has 1 aliphatic heterocycles. The monoisotopic (exact) mass is 239 g/mol. The summed E-state index contributed by atoms with van der Waals surface area (Å²) in [7, 11) is 0. The molecule has 96 valence electrons. The van der Waals surface area contributed by atoms with Gasteiger partial charge in [-0.3, -0.25) is 9.59 Å². The molecule has 1 aliphatic carbocycles. The normalized spacial score (nSPS) is 32.8. The van der Waals surface area contributed by atoms with E-state index >= 15 is 0 Å². The van der Waals surface area contributed by atoms with Crippen LogP contribution in [0.15, 0.2) is 0 Å². The third kappa shape index (κ3) is 2.77. The quantitative estimate of drug-likeness (QED) is 0.703. The van der Waals surface area contributed by atoms with E-state index in [1.807, 2.05) is 4.90 Å². The zero-order valence-electron chi connectivity index (χ0n) is 10.3. The van der Waals surface area contributed by atoms with Gasteiger partial charge in [0, 0.05) is 32.1 Å². The first-order chi connectivity index (χ1) is 8.08. The lowest BCUT2D eigenvalue weighted by atomic mass is 10.0. The molecule has 0 bridgehead atoms. The highest BCUT2D eigenvalue weighted by Gasteiger charge is 2.36. The van der Waals surface area contributed by atoms with Crippen molar-refractivity contribution in [2.75, 3.05) is 13.1 Å². The van der Waals surface area contributed by atoms with Gasteiger partial charge in [-0.1, -0.05) is 6.42 Å². The van der Waals surface area contributed by atoms with Crippen molar-refractivity contribution in [3.05, 3.63) is 0 Å². The van der Waals surface area contributed by atoms with Crippen molar-refractivity contribution >= 4 is 11.8 Å². The SMILES string of the molecule is CC(=O)NC1CCN(C(=O)C2CCCC2N)C1. The van der Waals surface area contributed by atoms with Crippen molar-refractivity contribution in [2.45, 2.75) is 44.7 Å². The van der Waals surface area contributed by atoms with Crippen molar-refractivity contribution < 1.29 is 9.59 Å². The number of nitrogens with two attached hydrogens (primary N) is 1. The lowest BCUT2D eigenvalue weighted by Crippen LogP contribution is -2.42. The van der Waals surface area contributed by atoms with Crippen molar-refractivity contribution in [2.24, 2.45) is 11.7 Å². The minimum Gasteiger partial charge on any atom is -0.352 e. The largest absolute Gasteiger partial charge is 0.352 e. The Labute approximate surface area is 102 Å². The van der Waals surface area contributed by atoms with Crippen LogP contribution in [-0.2, 0) is 9.59 Å². The van der Waals surface area contributed by atoms with Crippen LogP contribution in [-0.4, -0.2) is 41.9 Å². The summed E-state index contributed by atoms with van der Waals surface area (Å²) in [6, 6.07) is 0.149. The summed E-state index contributed by atoms with van der Waals surface area (Å²) in [5.74, 6) is 0.163. The average molecular weight is 239 g/mol. The average Bonchev–Trinajstić information content (AvgIpc) is 2.85. The van der Waals surface area contributed by atoms with Gasteiger partial charge in [-0.05, 0) is 19.3 Å². The molecule has 2 fully saturated rings. The molecule has 3 unspecified atom stereocenters. The summed E-state index contributed by atoms with van der Waals surface area (Å²) in [4.78, 5) is 25.0. The van der Waals surface area contributed by atoms with Gasteiger partial charge in [0.1, 0.15) is 0 Å². The van der Waals surface area contributed by atoms with Gasteiger partial charge in [0.25, 0.3) is 0 Å². The molecule has 5 nitrogen and oxygen atoms in total. The maximum Gasteiger partial charge on any atom is 0.227 e. The van der Waals surface area contributed by atoms with E-state index in [0.717, 1.165) is 32.2 Å². The molecule has 5 heteroatoms. The van der Waals surface area contributed by atoms with E-state index in [1.165, 1.54) is 6.92 Å². The number of nitrogens with zero attached hydrogens (tertiary/aromatic N) is 1. The molecule has 1 heterocycles. The molecular formula is C12H21N3O2. The predicted octanol–water partition coefficient (Wildman–Crippen LogP) is -0.149. The molecule has 2 aliphatic rings. The maximum atomic E-state index is 12.2. The van der Waals surface area contributed by atoms with Crippen LogP contribution in [0.4, 0.5) is 0 Å². The fraction of sp³-hybridized carbons (Fsp3) is 0.833. The van der Waals surface area contributed by atoms with Gasteiger partial charge in [-0.2, -0.15) is 0 Å². The zero-order chi connectivity index (χ0) is 12.4. The Balaban J connectivity index is 1.87. The minimum atomic E-state index is -0.0260. The molecule has 2 amide bonds. The summed E-state index contributed by atoms with van der Waals surface area (Å²) in [5.41, 5.74) is 5.95. The van der Waals surface area contributed by atoms with Crippen LogP contribution >= 0.6 is 0 Å². The Morgan fingerprint density at radius 1 is 1.29 bits per heavy atom. The Morgan fingerprint density at radius 2 is 2.06 bits per heavy atom. The summed E-state index contributed by atoms with van der Waals surface area (Å²) < 4.78 is 0. The standard InChI is InChI=1S/C12H21N3O2/c1-8(16)14-9-5-6-15(7-9)12(17)10-3-2-4-11(10)13/h9-11H,2-7,13H2,1H3,(H,14,16). The molecule has 1 saturated carbocycles. The second-order valence-corrected chi connectivity index (χ2v) is 5.17. The lowest BCUT2D eigenvalue weighted by Gasteiger charge is -2.23. The molecule has 2 rings (SSSR count). The highest BCUT2D eigenvalue weighted by molar-refractivity contribution is 5.80. The Bertz CT molecular complexity index is 319. The van der Waals surface area contributed by atoms with E-state index in [2.05, 4.69) is 5.32 Å². The summed E-state index contributed by atoms with van der Waals surface area (Å²) in [5, 5.41) is 2.86. The highest BCUT2D eigenvalue weighted by atomic mass is 16.2. The van der Waals surface area contributed by atoms with Crippen LogP contribution in [0, 0.1) is 5.92 Å². The number of rotatable bonds is 2. The van der Waals surface area contributed by atoms with Gasteiger partial charge in [0.05, 0.1) is 5.92 Å². The van der Waals surface area contributed by atoms with Crippen LogP contribution in [0.2, 0.25) is 0 Å². The smallest absolute Gasteiger partial charge is 0.227 e. The molecule has 0 aromatic carbocycles. The molecular weight excluding hydrogens is 218 g/mol. The topological polar surface area (TPSA) is 75.4 Å². The Hall–Kier alpha value is -1.10. The van der Waals surface area contributed by atoms with Crippen molar-refractivity contribution in [3.8, 4) is 0 Å². The van der Waals surface area contributed by atoms with Gasteiger partial charge < -0.3 is 16.0 Å². The Morgan fingerprint density at radius 3 is 2.65 bits per heavy atom. The van der Waals surface area contributed by atoms with Gasteiger partial charge >= 0.3 is 0 Å². The van der Waals surface area contributed by atoms with Gasteiger partial charge in [0.2, 0.25) is 11.8 Å². The van der Waals surface area contributed by atoms with Crippen LogP contribution in [0.3, 0.4) is 0 Å². The third-order valence-corrected chi connectivity index (χ3v) is 3.79. The van der Waals surface area contributed by atoms with E-state index < -0.39 is 0 Å². The number of amides is 2. The second-order valence-electron chi connectivity index (χ2n) is 5.17. The summed E-state index contributed by atoms with van der Waals surface area (Å²) in [6.45, 7) is 2.89. The van der Waals surface area contributed by atoms with Crippen molar-refractivity contribution in [1.82, 2.24) is 10.2 Å². The number of carbonyl (C=O) groups excluding carboxylic acids is 2. The van der Waals surface area contributed by atoms with Crippen LogP contribution in [0.25, 0.3) is 0 Å². The van der Waals surface area contributed by atoms with Gasteiger partial charge in [-0.25, -0.2) is 0 Å². The first-order valence-corrected chi connectivity index (χ1v) is 6.39. The number of nitrogens with one attached hydrogen (secondary N) is 1. The van der Waals surface area contributed by atoms with Crippen molar-refractivity contribution in [3.63, 3.8) is 0 Å². The van der Waals surface area contributed by atoms with E-state index in [4.69, 9.17) is 5.73 Å². The summed E-state index contributed by atoms with van der Waals surface area (Å²) >= 11 is 0. The maximum absolute atomic E-state index is 12.2. The van der Waals surface area contributed by atoms with Crippen LogP contribution < -0.4 is 11.1 Å². The molecule has 0 radical (unpaired) electrons. The molecule has 3 N–H and O–H groups in total. The minimum absolute atomic E-state index is 0.00563. The molecule has 0 aromatic rings. The number of hydrogen-bond acceptors (Lipinski definition) is 3. The molecule has 17 heavy (non-hydrogen) atoms. The highest BCUT2D eigenvalue weighted by Crippen LogP contribution is 2.27. The molecule has 3 atom stereocenters. The first kappa shape index (κ1) is 12.4. The molecule has 1 saturated heterocycles. The molecule has 0 spiro atoms. The van der Waals surface area contributed by atoms with E-state index in [0.29, 0.717) is 6.54 Å². The number of likely N-dealkylation sites (tertiary alicyclic amines) is 1. The predicted molar refractivity (Wildman–Crippen MR) is 64.1 cm³/mol. The van der Waals surface area contributed by atoms with E-state index in [9.17, 15) is 9.59 Å². The second kappa shape index (κ2) is 5.04. The first-order valence-electron chi connectivity index (χ1n) is 6.39. The van der Waals surface area contributed by atoms with Gasteiger partial charge in [0.15, 0.2) is 0 Å². The fourth-order valence-corrected chi connectivity index (χ4v) is 2.90. The van der Waals surface area contributed by atoms with Crippen LogP contribution in [0.5, 0.6) is 0 Å². The fourth-order valence-electron chi connectivity index (χ4n) is 2.90. The lowest BCUT2D eigenvalue weighted by molar-refractivity contribution is -0.134. The number of carbonyl (C=O) groups is 2. The summed E-state index contributed by atoms with van der Waals surface area (Å²) in [6.07, 6.45) is 3.79. The van der Waals surface area contributed by atoms with Crippen molar-refractivity contribution in [1.29, 1.82) is 0 Å². The van der Waals surface area contributed by atoms with Crippen LogP contribution in [0.1, 0.15) is 32.6 Å². The van der Waals surface area contributed by atoms with E-state index in [-0.39, 0.29) is 29.8 Å². The number of hydrogen-bond donors (Lipinski definition) is 2. The Kier molecular flexibility index (Phi) is 3.66. The van der Waals surface area contributed by atoms with E-state index in [1.54, 1.807) is 0 Å². The third-order valence-electron chi connectivity index (χ3n) is 3.79. The molecule has 0 aromatic heterocycles.